The molecule has 0 saturated heterocycles. The predicted molar refractivity (Wildman–Crippen MR) is 101 cm³/mol. The molecule has 0 aliphatic heterocycles. The maximum Gasteiger partial charge on any atom is 0.191 e. The molecule has 3 rings (SSSR count). The van der Waals surface area contributed by atoms with Crippen LogP contribution in [-0.4, -0.2) is 40.5 Å². The quantitative estimate of drug-likeness (QED) is 0.534. The Hall–Kier alpha value is -2.89. The van der Waals surface area contributed by atoms with Crippen LogP contribution in [0.5, 0.6) is 0 Å². The maximum absolute atomic E-state index is 4.69. The molecule has 3 aromatic heterocycles. The minimum absolute atomic E-state index is 0.784. The van der Waals surface area contributed by atoms with Crippen molar-refractivity contribution in [3.63, 3.8) is 0 Å². The highest BCUT2D eigenvalue weighted by Gasteiger charge is 2.04. The summed E-state index contributed by atoms with van der Waals surface area (Å²) < 4.78 is 2.07. The van der Waals surface area contributed by atoms with Crippen LogP contribution >= 0.6 is 0 Å². The lowest BCUT2D eigenvalue weighted by Gasteiger charge is -2.11. The van der Waals surface area contributed by atoms with Crippen molar-refractivity contribution in [2.75, 3.05) is 20.1 Å². The van der Waals surface area contributed by atoms with Gasteiger partial charge in [0.15, 0.2) is 5.96 Å². The smallest absolute Gasteiger partial charge is 0.191 e. The number of aryl methyl sites for hydroxylation is 1. The predicted octanol–water partition coefficient (Wildman–Crippen LogP) is 1.99. The summed E-state index contributed by atoms with van der Waals surface area (Å²) in [7, 11) is 1.78. The van der Waals surface area contributed by atoms with E-state index >= 15 is 0 Å². The van der Waals surface area contributed by atoms with Gasteiger partial charge in [0.05, 0.1) is 5.69 Å². The molecule has 0 aliphatic rings. The van der Waals surface area contributed by atoms with Gasteiger partial charge in [-0.25, -0.2) is 4.98 Å². The van der Waals surface area contributed by atoms with E-state index < -0.39 is 0 Å². The average Bonchev–Trinajstić information content (AvgIpc) is 3.06. The Kier molecular flexibility index (Phi) is 5.61. The molecule has 0 bridgehead atoms. The third-order valence-electron chi connectivity index (χ3n) is 4.02. The maximum atomic E-state index is 4.69. The van der Waals surface area contributed by atoms with Crippen molar-refractivity contribution >= 4 is 11.6 Å². The number of nitrogens with one attached hydrogen (secondary N) is 2. The van der Waals surface area contributed by atoms with Gasteiger partial charge in [-0.2, -0.15) is 0 Å². The monoisotopic (exact) mass is 336 g/mol. The van der Waals surface area contributed by atoms with Gasteiger partial charge in [-0.15, -0.1) is 0 Å². The van der Waals surface area contributed by atoms with Crippen LogP contribution < -0.4 is 10.6 Å². The second-order valence-electron chi connectivity index (χ2n) is 5.90. The number of fused-ring (bicyclic) bond motifs is 1. The highest BCUT2D eigenvalue weighted by molar-refractivity contribution is 5.79. The fraction of sp³-hybridized carbons (Fsp3) is 0.316. The molecule has 0 atom stereocenters. The SMILES string of the molecule is CN=C(NCCc1ccccn1)NCCc1cn2cccc(C)c2n1. The molecule has 6 heteroatoms. The Morgan fingerprint density at radius 1 is 1.08 bits per heavy atom. The lowest BCUT2D eigenvalue weighted by Crippen LogP contribution is -2.39. The van der Waals surface area contributed by atoms with Crippen molar-refractivity contribution in [1.29, 1.82) is 0 Å². The van der Waals surface area contributed by atoms with Gasteiger partial charge in [0.2, 0.25) is 0 Å². The molecule has 0 fully saturated rings. The minimum Gasteiger partial charge on any atom is -0.356 e. The van der Waals surface area contributed by atoms with Crippen molar-refractivity contribution < 1.29 is 0 Å². The Morgan fingerprint density at radius 2 is 1.88 bits per heavy atom. The summed E-state index contributed by atoms with van der Waals surface area (Å²) in [5, 5.41) is 6.65. The highest BCUT2D eigenvalue weighted by Crippen LogP contribution is 2.09. The number of imidazole rings is 1. The van der Waals surface area contributed by atoms with E-state index in [-0.39, 0.29) is 0 Å². The van der Waals surface area contributed by atoms with Crippen LogP contribution in [0, 0.1) is 6.92 Å². The Morgan fingerprint density at radius 3 is 2.56 bits per heavy atom. The third-order valence-corrected chi connectivity index (χ3v) is 4.02. The van der Waals surface area contributed by atoms with E-state index in [0.717, 1.165) is 48.9 Å². The van der Waals surface area contributed by atoms with Gasteiger partial charge in [-0.3, -0.25) is 9.98 Å². The number of aliphatic imine (C=N–C) groups is 1. The van der Waals surface area contributed by atoms with E-state index in [1.54, 1.807) is 7.05 Å². The number of hydrogen-bond donors (Lipinski definition) is 2. The van der Waals surface area contributed by atoms with Gasteiger partial charge in [-0.05, 0) is 30.7 Å². The molecule has 0 unspecified atom stereocenters. The first kappa shape index (κ1) is 17.0. The molecule has 3 heterocycles. The second-order valence-corrected chi connectivity index (χ2v) is 5.90. The van der Waals surface area contributed by atoms with E-state index in [2.05, 4.69) is 44.2 Å². The Bertz CT molecular complexity index is 838. The van der Waals surface area contributed by atoms with Crippen LogP contribution in [0.1, 0.15) is 17.0 Å². The van der Waals surface area contributed by atoms with Crippen molar-refractivity contribution in [3.05, 3.63) is 65.9 Å². The van der Waals surface area contributed by atoms with Crippen molar-refractivity contribution in [1.82, 2.24) is 25.0 Å². The molecule has 3 aromatic rings. The molecule has 0 radical (unpaired) electrons. The van der Waals surface area contributed by atoms with Gasteiger partial charge in [0, 0.05) is 57.3 Å². The van der Waals surface area contributed by atoms with Gasteiger partial charge in [0.1, 0.15) is 5.65 Å². The van der Waals surface area contributed by atoms with Gasteiger partial charge < -0.3 is 15.0 Å². The van der Waals surface area contributed by atoms with Crippen molar-refractivity contribution in [2.24, 2.45) is 4.99 Å². The molecular weight excluding hydrogens is 312 g/mol. The fourth-order valence-corrected chi connectivity index (χ4v) is 2.71. The Labute approximate surface area is 148 Å². The Balaban J connectivity index is 1.45. The summed E-state index contributed by atoms with van der Waals surface area (Å²) in [6.45, 7) is 3.66. The lowest BCUT2D eigenvalue weighted by molar-refractivity contribution is 0.771. The topological polar surface area (TPSA) is 66.6 Å². The molecule has 0 amide bonds. The summed E-state index contributed by atoms with van der Waals surface area (Å²) >= 11 is 0. The highest BCUT2D eigenvalue weighted by atomic mass is 15.2. The number of pyridine rings is 2. The molecule has 130 valence electrons. The van der Waals surface area contributed by atoms with Crippen LogP contribution in [0.2, 0.25) is 0 Å². The van der Waals surface area contributed by atoms with E-state index in [4.69, 9.17) is 4.98 Å². The first-order valence-corrected chi connectivity index (χ1v) is 8.54. The number of aromatic nitrogens is 3. The van der Waals surface area contributed by atoms with Crippen LogP contribution in [0.3, 0.4) is 0 Å². The summed E-state index contributed by atoms with van der Waals surface area (Å²) in [6, 6.07) is 10.1. The van der Waals surface area contributed by atoms with E-state index in [9.17, 15) is 0 Å². The summed E-state index contributed by atoms with van der Waals surface area (Å²) in [5.41, 5.74) is 4.36. The molecule has 0 spiro atoms. The molecule has 25 heavy (non-hydrogen) atoms. The minimum atomic E-state index is 0.784. The zero-order chi connectivity index (χ0) is 17.5. The van der Waals surface area contributed by atoms with Crippen LogP contribution in [0.15, 0.2) is 53.9 Å². The number of hydrogen-bond acceptors (Lipinski definition) is 3. The van der Waals surface area contributed by atoms with Crippen LogP contribution in [0.4, 0.5) is 0 Å². The van der Waals surface area contributed by atoms with Crippen molar-refractivity contribution in [2.45, 2.75) is 19.8 Å². The summed E-state index contributed by atoms with van der Waals surface area (Å²) in [6.07, 6.45) is 7.65. The third kappa shape index (κ3) is 4.56. The number of nitrogens with zero attached hydrogens (tertiary/aromatic N) is 4. The van der Waals surface area contributed by atoms with E-state index in [1.807, 2.05) is 36.7 Å². The summed E-state index contributed by atoms with van der Waals surface area (Å²) in [4.78, 5) is 13.3. The van der Waals surface area contributed by atoms with Crippen LogP contribution in [-0.2, 0) is 12.8 Å². The second kappa shape index (κ2) is 8.28. The lowest BCUT2D eigenvalue weighted by atomic mass is 10.3. The van der Waals surface area contributed by atoms with Gasteiger partial charge in [-0.1, -0.05) is 12.1 Å². The van der Waals surface area contributed by atoms with Crippen molar-refractivity contribution in [3.8, 4) is 0 Å². The van der Waals surface area contributed by atoms with E-state index in [1.165, 1.54) is 5.56 Å². The summed E-state index contributed by atoms with van der Waals surface area (Å²) in [5.74, 6) is 0.802. The molecule has 2 N–H and O–H groups in total. The van der Waals surface area contributed by atoms with E-state index in [0.29, 0.717) is 0 Å². The molecular formula is C19H24N6. The van der Waals surface area contributed by atoms with Gasteiger partial charge in [0.25, 0.3) is 0 Å². The normalized spacial score (nSPS) is 11.7. The standard InChI is InChI=1S/C19H24N6/c1-15-6-5-13-25-14-17(24-18(15)25)9-12-23-19(20-2)22-11-8-16-7-3-4-10-21-16/h3-7,10,13-14H,8-9,11-12H2,1-2H3,(H2,20,22,23). The largest absolute Gasteiger partial charge is 0.356 e. The fourth-order valence-electron chi connectivity index (χ4n) is 2.71. The zero-order valence-electron chi connectivity index (χ0n) is 14.7. The molecule has 0 saturated carbocycles. The van der Waals surface area contributed by atoms with Gasteiger partial charge >= 0.3 is 0 Å². The molecule has 0 aromatic carbocycles. The van der Waals surface area contributed by atoms with Crippen LogP contribution in [0.25, 0.3) is 5.65 Å². The first-order valence-electron chi connectivity index (χ1n) is 8.54. The average molecular weight is 336 g/mol. The zero-order valence-corrected chi connectivity index (χ0v) is 14.7. The first-order chi connectivity index (χ1) is 12.3. The number of guanidine groups is 1. The molecule has 6 nitrogen and oxygen atoms in total. The molecule has 0 aliphatic carbocycles. The number of rotatable bonds is 6.